The standard InChI is InChI=1S/C10H18N2O5/c1-11(17-3)9(13)7-6-12(10(14)15)5-4-8(7)16-2/h7-8H,4-6H2,1-3H3,(H,14,15). The maximum absolute atomic E-state index is 12.0. The fourth-order valence-electron chi connectivity index (χ4n) is 1.95. The second-order valence-corrected chi connectivity index (χ2v) is 3.92. The van der Waals surface area contributed by atoms with Gasteiger partial charge >= 0.3 is 6.09 Å². The molecule has 1 N–H and O–H groups in total. The molecule has 1 heterocycles. The zero-order chi connectivity index (χ0) is 13.0. The van der Waals surface area contributed by atoms with Gasteiger partial charge in [-0.05, 0) is 6.42 Å². The summed E-state index contributed by atoms with van der Waals surface area (Å²) in [6, 6.07) is 0. The molecule has 1 saturated heterocycles. The first-order valence-corrected chi connectivity index (χ1v) is 5.33. The number of carbonyl (C=O) groups is 2. The average Bonchev–Trinajstić information content (AvgIpc) is 2.35. The number of ether oxygens (including phenoxy) is 1. The molecule has 0 saturated carbocycles. The van der Waals surface area contributed by atoms with Gasteiger partial charge in [-0.15, -0.1) is 0 Å². The Hall–Kier alpha value is -1.34. The Morgan fingerprint density at radius 2 is 2.06 bits per heavy atom. The maximum Gasteiger partial charge on any atom is 0.407 e. The van der Waals surface area contributed by atoms with Gasteiger partial charge in [0.2, 0.25) is 0 Å². The predicted octanol–water partition coefficient (Wildman–Crippen LogP) is 0.0211. The second-order valence-electron chi connectivity index (χ2n) is 3.92. The zero-order valence-corrected chi connectivity index (χ0v) is 10.3. The van der Waals surface area contributed by atoms with Crippen molar-refractivity contribution in [3.05, 3.63) is 0 Å². The molecule has 98 valence electrons. The van der Waals surface area contributed by atoms with E-state index in [4.69, 9.17) is 14.7 Å². The number of methoxy groups -OCH3 is 1. The van der Waals surface area contributed by atoms with Gasteiger partial charge in [-0.3, -0.25) is 9.63 Å². The van der Waals surface area contributed by atoms with Crippen LogP contribution in [0.25, 0.3) is 0 Å². The monoisotopic (exact) mass is 246 g/mol. The number of likely N-dealkylation sites (tertiary alicyclic amines) is 1. The average molecular weight is 246 g/mol. The van der Waals surface area contributed by atoms with Crippen LogP contribution in [-0.4, -0.2) is 67.5 Å². The molecule has 1 fully saturated rings. The molecule has 0 radical (unpaired) electrons. The van der Waals surface area contributed by atoms with Crippen LogP contribution < -0.4 is 0 Å². The minimum absolute atomic E-state index is 0.139. The lowest BCUT2D eigenvalue weighted by Crippen LogP contribution is -2.52. The van der Waals surface area contributed by atoms with Gasteiger partial charge in [0.1, 0.15) is 0 Å². The molecular formula is C10H18N2O5. The Balaban J connectivity index is 2.76. The molecule has 2 amide bonds. The van der Waals surface area contributed by atoms with E-state index in [1.165, 1.54) is 26.2 Å². The fraction of sp³-hybridized carbons (Fsp3) is 0.800. The van der Waals surface area contributed by atoms with Crippen LogP contribution in [0, 0.1) is 5.92 Å². The van der Waals surface area contributed by atoms with Crippen molar-refractivity contribution >= 4 is 12.0 Å². The summed E-state index contributed by atoms with van der Waals surface area (Å²) in [4.78, 5) is 28.9. The summed E-state index contributed by atoms with van der Waals surface area (Å²) in [7, 11) is 4.40. The molecule has 0 spiro atoms. The Morgan fingerprint density at radius 1 is 1.41 bits per heavy atom. The molecular weight excluding hydrogens is 228 g/mol. The molecule has 2 atom stereocenters. The number of carboxylic acid groups (broad SMARTS) is 1. The molecule has 0 bridgehead atoms. The van der Waals surface area contributed by atoms with E-state index >= 15 is 0 Å². The third-order valence-electron chi connectivity index (χ3n) is 3.02. The number of rotatable bonds is 3. The number of carbonyl (C=O) groups excluding carboxylic acids is 1. The summed E-state index contributed by atoms with van der Waals surface area (Å²) in [5.74, 6) is -0.792. The largest absolute Gasteiger partial charge is 0.465 e. The first kappa shape index (κ1) is 13.7. The molecule has 7 nitrogen and oxygen atoms in total. The second kappa shape index (κ2) is 5.83. The number of hydrogen-bond acceptors (Lipinski definition) is 4. The lowest BCUT2D eigenvalue weighted by Gasteiger charge is -2.36. The first-order valence-electron chi connectivity index (χ1n) is 5.33. The van der Waals surface area contributed by atoms with Crippen LogP contribution in [0.1, 0.15) is 6.42 Å². The van der Waals surface area contributed by atoms with E-state index in [1.807, 2.05) is 0 Å². The van der Waals surface area contributed by atoms with E-state index < -0.39 is 12.0 Å². The number of hydrogen-bond donors (Lipinski definition) is 1. The van der Waals surface area contributed by atoms with E-state index in [0.717, 1.165) is 5.06 Å². The topological polar surface area (TPSA) is 79.3 Å². The highest BCUT2D eigenvalue weighted by Crippen LogP contribution is 2.21. The van der Waals surface area contributed by atoms with Crippen LogP contribution in [0.2, 0.25) is 0 Å². The Bertz CT molecular complexity index is 296. The number of nitrogens with zero attached hydrogens (tertiary/aromatic N) is 2. The number of piperidine rings is 1. The molecule has 0 aromatic heterocycles. The van der Waals surface area contributed by atoms with Gasteiger partial charge in [-0.2, -0.15) is 0 Å². The zero-order valence-electron chi connectivity index (χ0n) is 10.3. The highest BCUT2D eigenvalue weighted by atomic mass is 16.7. The maximum atomic E-state index is 12.0. The summed E-state index contributed by atoms with van der Waals surface area (Å²) in [5, 5.41) is 10.0. The van der Waals surface area contributed by atoms with E-state index in [1.54, 1.807) is 0 Å². The molecule has 1 aliphatic rings. The van der Waals surface area contributed by atoms with Crippen molar-refractivity contribution in [2.24, 2.45) is 5.92 Å². The number of amides is 2. The summed E-state index contributed by atoms with van der Waals surface area (Å²) in [6.07, 6.45) is -0.773. The van der Waals surface area contributed by atoms with Crippen molar-refractivity contribution in [1.29, 1.82) is 0 Å². The minimum atomic E-state index is -1.02. The van der Waals surface area contributed by atoms with Gasteiger partial charge in [0.15, 0.2) is 0 Å². The van der Waals surface area contributed by atoms with Gasteiger partial charge in [-0.25, -0.2) is 9.86 Å². The summed E-state index contributed by atoms with van der Waals surface area (Å²) >= 11 is 0. The molecule has 17 heavy (non-hydrogen) atoms. The fourth-order valence-corrected chi connectivity index (χ4v) is 1.95. The Morgan fingerprint density at radius 3 is 2.53 bits per heavy atom. The van der Waals surface area contributed by atoms with Gasteiger partial charge in [0, 0.05) is 27.2 Å². The van der Waals surface area contributed by atoms with Crippen LogP contribution in [0.4, 0.5) is 4.79 Å². The highest BCUT2D eigenvalue weighted by Gasteiger charge is 2.37. The van der Waals surface area contributed by atoms with Crippen molar-refractivity contribution in [3.63, 3.8) is 0 Å². The van der Waals surface area contributed by atoms with E-state index in [-0.39, 0.29) is 18.6 Å². The minimum Gasteiger partial charge on any atom is -0.465 e. The van der Waals surface area contributed by atoms with Crippen LogP contribution in [0.3, 0.4) is 0 Å². The smallest absolute Gasteiger partial charge is 0.407 e. The van der Waals surface area contributed by atoms with Crippen molar-refractivity contribution in [1.82, 2.24) is 9.96 Å². The van der Waals surface area contributed by atoms with Crippen molar-refractivity contribution in [2.75, 3.05) is 34.4 Å². The van der Waals surface area contributed by atoms with Gasteiger partial charge in [0.25, 0.3) is 5.91 Å². The molecule has 0 aromatic carbocycles. The molecule has 7 heteroatoms. The molecule has 1 aliphatic heterocycles. The van der Waals surface area contributed by atoms with Crippen LogP contribution >= 0.6 is 0 Å². The summed E-state index contributed by atoms with van der Waals surface area (Å²) < 4.78 is 5.22. The van der Waals surface area contributed by atoms with Gasteiger partial charge in [0.05, 0.1) is 19.1 Å². The molecule has 0 aromatic rings. The summed E-state index contributed by atoms with van der Waals surface area (Å²) in [6.45, 7) is 0.523. The summed E-state index contributed by atoms with van der Waals surface area (Å²) in [5.41, 5.74) is 0. The number of hydroxylamine groups is 2. The predicted molar refractivity (Wildman–Crippen MR) is 58.3 cm³/mol. The van der Waals surface area contributed by atoms with Crippen molar-refractivity contribution in [3.8, 4) is 0 Å². The Labute approximate surface area is 99.8 Å². The molecule has 0 aliphatic carbocycles. The van der Waals surface area contributed by atoms with Gasteiger partial charge < -0.3 is 14.7 Å². The van der Waals surface area contributed by atoms with Crippen LogP contribution in [0.15, 0.2) is 0 Å². The highest BCUT2D eigenvalue weighted by molar-refractivity contribution is 5.79. The third-order valence-corrected chi connectivity index (χ3v) is 3.02. The Kier molecular flexibility index (Phi) is 4.71. The SMILES string of the molecule is COC1CCN(C(=O)O)CC1C(=O)N(C)OC. The van der Waals surface area contributed by atoms with Crippen molar-refractivity contribution in [2.45, 2.75) is 12.5 Å². The molecule has 1 rings (SSSR count). The van der Waals surface area contributed by atoms with Gasteiger partial charge in [-0.1, -0.05) is 0 Å². The first-order chi connectivity index (χ1) is 8.01. The lowest BCUT2D eigenvalue weighted by atomic mass is 9.94. The molecule has 2 unspecified atom stereocenters. The van der Waals surface area contributed by atoms with E-state index in [0.29, 0.717) is 13.0 Å². The van der Waals surface area contributed by atoms with E-state index in [9.17, 15) is 9.59 Å². The lowest BCUT2D eigenvalue weighted by molar-refractivity contribution is -0.180. The quantitative estimate of drug-likeness (QED) is 0.710. The third kappa shape index (κ3) is 3.07. The normalized spacial score (nSPS) is 24.5. The van der Waals surface area contributed by atoms with Crippen molar-refractivity contribution < 1.29 is 24.3 Å². The van der Waals surface area contributed by atoms with Crippen LogP contribution in [-0.2, 0) is 14.4 Å². The van der Waals surface area contributed by atoms with Crippen LogP contribution in [0.5, 0.6) is 0 Å². The van der Waals surface area contributed by atoms with E-state index in [2.05, 4.69) is 0 Å².